The Morgan fingerprint density at radius 1 is 1.59 bits per heavy atom. The second-order valence-corrected chi connectivity index (χ2v) is 4.65. The number of carboxylic acid groups (broad SMARTS) is 1. The summed E-state index contributed by atoms with van der Waals surface area (Å²) in [5, 5.41) is 13.3. The van der Waals surface area contributed by atoms with Crippen molar-refractivity contribution in [1.29, 1.82) is 0 Å². The Morgan fingerprint density at radius 3 is 2.76 bits per heavy atom. The van der Waals surface area contributed by atoms with Crippen LogP contribution in [0, 0.1) is 0 Å². The third kappa shape index (κ3) is 4.07. The first-order valence-corrected chi connectivity index (χ1v) is 6.19. The van der Waals surface area contributed by atoms with Gasteiger partial charge in [-0.25, -0.2) is 4.79 Å². The topological polar surface area (TPSA) is 69.6 Å². The zero-order valence-electron chi connectivity index (χ0n) is 9.84. The van der Waals surface area contributed by atoms with E-state index in [0.717, 1.165) is 16.2 Å². The van der Waals surface area contributed by atoms with Crippen LogP contribution in [0.15, 0.2) is 17.5 Å². The SMILES string of the molecule is CCC(NC(=O)N(C)CC(=O)O)c1cccs1. The number of rotatable bonds is 5. The summed E-state index contributed by atoms with van der Waals surface area (Å²) in [5.41, 5.74) is 0. The van der Waals surface area contributed by atoms with Gasteiger partial charge in [0.15, 0.2) is 0 Å². The van der Waals surface area contributed by atoms with E-state index in [-0.39, 0.29) is 18.6 Å². The van der Waals surface area contributed by atoms with Gasteiger partial charge in [-0.15, -0.1) is 11.3 Å². The maximum atomic E-state index is 11.7. The van der Waals surface area contributed by atoms with Crippen molar-refractivity contribution in [3.63, 3.8) is 0 Å². The van der Waals surface area contributed by atoms with E-state index in [1.54, 1.807) is 11.3 Å². The van der Waals surface area contributed by atoms with E-state index in [1.807, 2.05) is 24.4 Å². The summed E-state index contributed by atoms with van der Waals surface area (Å²) >= 11 is 1.57. The fourth-order valence-corrected chi connectivity index (χ4v) is 2.26. The molecule has 0 aliphatic heterocycles. The Morgan fingerprint density at radius 2 is 2.29 bits per heavy atom. The Labute approximate surface area is 104 Å². The molecule has 1 aromatic rings. The van der Waals surface area contributed by atoms with E-state index in [0.29, 0.717) is 0 Å². The van der Waals surface area contributed by atoms with Gasteiger partial charge in [0, 0.05) is 11.9 Å². The number of thiophene rings is 1. The molecule has 0 aromatic carbocycles. The largest absolute Gasteiger partial charge is 0.480 e. The first kappa shape index (κ1) is 13.5. The van der Waals surface area contributed by atoms with Crippen LogP contribution in [0.1, 0.15) is 24.3 Å². The minimum atomic E-state index is -1.02. The molecule has 1 rings (SSSR count). The fourth-order valence-electron chi connectivity index (χ4n) is 1.40. The normalized spacial score (nSPS) is 11.9. The van der Waals surface area contributed by atoms with E-state index in [1.165, 1.54) is 7.05 Å². The number of likely N-dealkylation sites (N-methyl/N-ethyl adjacent to an activating group) is 1. The maximum absolute atomic E-state index is 11.7. The van der Waals surface area contributed by atoms with Gasteiger partial charge in [0.05, 0.1) is 6.04 Å². The third-order valence-electron chi connectivity index (χ3n) is 2.31. The number of nitrogens with one attached hydrogen (secondary N) is 1. The van der Waals surface area contributed by atoms with Crippen molar-refractivity contribution in [1.82, 2.24) is 10.2 Å². The lowest BCUT2D eigenvalue weighted by molar-refractivity contribution is -0.137. The number of carbonyl (C=O) groups is 2. The molecule has 6 heteroatoms. The monoisotopic (exact) mass is 256 g/mol. The van der Waals surface area contributed by atoms with Crippen LogP contribution in [0.25, 0.3) is 0 Å². The molecule has 1 aromatic heterocycles. The van der Waals surface area contributed by atoms with Gasteiger partial charge in [-0.2, -0.15) is 0 Å². The molecule has 94 valence electrons. The van der Waals surface area contributed by atoms with Crippen LogP contribution >= 0.6 is 11.3 Å². The molecule has 0 radical (unpaired) electrons. The second-order valence-electron chi connectivity index (χ2n) is 3.68. The van der Waals surface area contributed by atoms with Crippen LogP contribution in [-0.4, -0.2) is 35.6 Å². The van der Waals surface area contributed by atoms with Crippen LogP contribution in [0.2, 0.25) is 0 Å². The summed E-state index contributed by atoms with van der Waals surface area (Å²) in [5.74, 6) is -1.02. The first-order valence-electron chi connectivity index (χ1n) is 5.31. The Hall–Kier alpha value is -1.56. The highest BCUT2D eigenvalue weighted by Crippen LogP contribution is 2.21. The molecule has 0 saturated heterocycles. The van der Waals surface area contributed by atoms with Crippen molar-refractivity contribution in [2.75, 3.05) is 13.6 Å². The molecule has 0 aliphatic carbocycles. The predicted octanol–water partition coefficient (Wildman–Crippen LogP) is 1.93. The molecule has 0 bridgehead atoms. The standard InChI is InChI=1S/C11H16N2O3S/c1-3-8(9-5-4-6-17-9)12-11(16)13(2)7-10(14)15/h4-6,8H,3,7H2,1-2H3,(H,12,16)(H,14,15). The average Bonchev–Trinajstić information content (AvgIpc) is 2.77. The Bertz CT molecular complexity index is 378. The van der Waals surface area contributed by atoms with Gasteiger partial charge in [0.25, 0.3) is 0 Å². The molecule has 0 aliphatic rings. The van der Waals surface area contributed by atoms with Gasteiger partial charge in [0.1, 0.15) is 6.54 Å². The van der Waals surface area contributed by atoms with Gasteiger partial charge in [-0.1, -0.05) is 13.0 Å². The van der Waals surface area contributed by atoms with Crippen LogP contribution in [-0.2, 0) is 4.79 Å². The number of urea groups is 1. The highest BCUT2D eigenvalue weighted by Gasteiger charge is 2.17. The first-order chi connectivity index (χ1) is 8.04. The Kier molecular flexibility index (Phi) is 4.96. The highest BCUT2D eigenvalue weighted by atomic mass is 32.1. The number of hydrogen-bond donors (Lipinski definition) is 2. The lowest BCUT2D eigenvalue weighted by Crippen LogP contribution is -2.41. The van der Waals surface area contributed by atoms with E-state index in [4.69, 9.17) is 5.11 Å². The van der Waals surface area contributed by atoms with Gasteiger partial charge < -0.3 is 15.3 Å². The molecule has 17 heavy (non-hydrogen) atoms. The van der Waals surface area contributed by atoms with E-state index in [2.05, 4.69) is 5.32 Å². The molecule has 0 saturated carbocycles. The van der Waals surface area contributed by atoms with Crippen LogP contribution in [0.3, 0.4) is 0 Å². The minimum Gasteiger partial charge on any atom is -0.480 e. The van der Waals surface area contributed by atoms with Gasteiger partial charge in [-0.05, 0) is 17.9 Å². The second kappa shape index (κ2) is 6.24. The molecule has 2 N–H and O–H groups in total. The number of nitrogens with zero attached hydrogens (tertiary/aromatic N) is 1. The minimum absolute atomic E-state index is 0.0567. The van der Waals surface area contributed by atoms with Crippen LogP contribution in [0.5, 0.6) is 0 Å². The molecular formula is C11H16N2O3S. The predicted molar refractivity (Wildman–Crippen MR) is 66.1 cm³/mol. The number of hydrogen-bond acceptors (Lipinski definition) is 3. The molecule has 1 unspecified atom stereocenters. The molecule has 0 fully saturated rings. The van der Waals surface area contributed by atoms with Gasteiger partial charge in [0.2, 0.25) is 0 Å². The third-order valence-corrected chi connectivity index (χ3v) is 3.30. The summed E-state index contributed by atoms with van der Waals surface area (Å²) in [6, 6.07) is 3.46. The van der Waals surface area contributed by atoms with Gasteiger partial charge >= 0.3 is 12.0 Å². The van der Waals surface area contributed by atoms with Crippen LogP contribution < -0.4 is 5.32 Å². The zero-order valence-corrected chi connectivity index (χ0v) is 10.7. The lowest BCUT2D eigenvalue weighted by Gasteiger charge is -2.20. The quantitative estimate of drug-likeness (QED) is 0.845. The summed E-state index contributed by atoms with van der Waals surface area (Å²) < 4.78 is 0. The fraction of sp³-hybridized carbons (Fsp3) is 0.455. The maximum Gasteiger partial charge on any atom is 0.323 e. The summed E-state index contributed by atoms with van der Waals surface area (Å²) in [4.78, 5) is 24.4. The van der Waals surface area contributed by atoms with E-state index in [9.17, 15) is 9.59 Å². The zero-order chi connectivity index (χ0) is 12.8. The van der Waals surface area contributed by atoms with Crippen molar-refractivity contribution < 1.29 is 14.7 Å². The average molecular weight is 256 g/mol. The van der Waals surface area contributed by atoms with Crippen molar-refractivity contribution in [3.8, 4) is 0 Å². The van der Waals surface area contributed by atoms with Crippen LogP contribution in [0.4, 0.5) is 4.79 Å². The van der Waals surface area contributed by atoms with Crippen molar-refractivity contribution in [2.24, 2.45) is 0 Å². The van der Waals surface area contributed by atoms with Crippen molar-refractivity contribution >= 4 is 23.3 Å². The van der Waals surface area contributed by atoms with Crippen molar-refractivity contribution in [2.45, 2.75) is 19.4 Å². The van der Waals surface area contributed by atoms with Gasteiger partial charge in [-0.3, -0.25) is 4.79 Å². The molecule has 0 spiro atoms. The smallest absolute Gasteiger partial charge is 0.323 e. The van der Waals surface area contributed by atoms with E-state index < -0.39 is 5.97 Å². The molecule has 5 nitrogen and oxygen atoms in total. The highest BCUT2D eigenvalue weighted by molar-refractivity contribution is 7.10. The number of carboxylic acids is 1. The molecule has 1 atom stereocenters. The lowest BCUT2D eigenvalue weighted by atomic mass is 10.2. The molecular weight excluding hydrogens is 240 g/mol. The molecule has 1 heterocycles. The number of amides is 2. The number of carbonyl (C=O) groups excluding carboxylic acids is 1. The summed E-state index contributed by atoms with van der Waals surface area (Å²) in [6.45, 7) is 1.68. The molecule has 2 amide bonds. The Balaban J connectivity index is 2.57. The van der Waals surface area contributed by atoms with E-state index >= 15 is 0 Å². The summed E-state index contributed by atoms with van der Waals surface area (Å²) in [6.07, 6.45) is 0.771. The summed E-state index contributed by atoms with van der Waals surface area (Å²) in [7, 11) is 1.46. The number of aliphatic carboxylic acids is 1. The van der Waals surface area contributed by atoms with Crippen molar-refractivity contribution in [3.05, 3.63) is 22.4 Å².